The highest BCUT2D eigenvalue weighted by molar-refractivity contribution is 5.86. The zero-order valence-electron chi connectivity index (χ0n) is 14.2. The number of hydrogen-bond acceptors (Lipinski definition) is 6. The maximum Gasteiger partial charge on any atom is 0.438 e. The number of nitrogens with one attached hydrogen (secondary N) is 1. The molecule has 0 unspecified atom stereocenters. The van der Waals surface area contributed by atoms with Crippen LogP contribution in [0.3, 0.4) is 0 Å². The van der Waals surface area contributed by atoms with Crippen LogP contribution in [0, 0.1) is 0 Å². The number of carbonyl (C=O) groups is 2. The highest BCUT2D eigenvalue weighted by Gasteiger charge is 2.13. The Morgan fingerprint density at radius 3 is 2.23 bits per heavy atom. The first kappa shape index (κ1) is 20.4. The molecular weight excluding hydrogens is 288 g/mol. The molecule has 0 saturated carbocycles. The smallest absolute Gasteiger partial charge is 0.438 e. The molecule has 128 valence electrons. The summed E-state index contributed by atoms with van der Waals surface area (Å²) in [5.74, 6) is -0.492. The molecule has 1 N–H and O–H groups in total. The topological polar surface area (TPSA) is 77.1 Å². The fourth-order valence-corrected chi connectivity index (χ4v) is 1.80. The van der Waals surface area contributed by atoms with E-state index in [1.165, 1.54) is 0 Å². The molecule has 1 amide bonds. The van der Waals surface area contributed by atoms with Gasteiger partial charge in [0.15, 0.2) is 0 Å². The van der Waals surface area contributed by atoms with Crippen LogP contribution in [0.15, 0.2) is 12.2 Å². The Balaban J connectivity index is 3.70. The average Bonchev–Trinajstić information content (AvgIpc) is 2.41. The van der Waals surface area contributed by atoms with Gasteiger partial charge in [-0.25, -0.2) is 9.59 Å². The van der Waals surface area contributed by atoms with Crippen molar-refractivity contribution in [3.63, 3.8) is 0 Å². The molecule has 0 aromatic carbocycles. The minimum absolute atomic E-state index is 0.0509. The van der Waals surface area contributed by atoms with Crippen molar-refractivity contribution in [1.29, 1.82) is 0 Å². The third-order valence-corrected chi connectivity index (χ3v) is 2.85. The third kappa shape index (κ3) is 9.36. The van der Waals surface area contributed by atoms with Crippen LogP contribution in [0.25, 0.3) is 0 Å². The van der Waals surface area contributed by atoms with Gasteiger partial charge in [-0.15, -0.1) is 0 Å². The average molecular weight is 316 g/mol. The van der Waals surface area contributed by atoms with E-state index in [4.69, 9.17) is 9.62 Å². The van der Waals surface area contributed by atoms with Gasteiger partial charge in [0.2, 0.25) is 0 Å². The van der Waals surface area contributed by atoms with E-state index in [9.17, 15) is 9.59 Å². The van der Waals surface area contributed by atoms with Crippen LogP contribution in [0.5, 0.6) is 0 Å². The Hall–Kier alpha value is -1.60. The van der Waals surface area contributed by atoms with Gasteiger partial charge < -0.3 is 10.1 Å². The van der Waals surface area contributed by atoms with Crippen LogP contribution in [-0.2, 0) is 19.3 Å². The van der Waals surface area contributed by atoms with E-state index in [1.807, 2.05) is 0 Å². The van der Waals surface area contributed by atoms with Crippen LogP contribution in [0.1, 0.15) is 34.6 Å². The molecular formula is C15H28N2O5. The molecule has 0 aliphatic heterocycles. The van der Waals surface area contributed by atoms with Crippen molar-refractivity contribution in [2.45, 2.75) is 46.7 Å². The van der Waals surface area contributed by atoms with Gasteiger partial charge in [0.1, 0.15) is 13.2 Å². The van der Waals surface area contributed by atoms with Crippen molar-refractivity contribution in [1.82, 2.24) is 10.2 Å². The van der Waals surface area contributed by atoms with E-state index in [1.54, 1.807) is 6.92 Å². The Bertz CT molecular complexity index is 361. The summed E-state index contributed by atoms with van der Waals surface area (Å²) in [6, 6.07) is 0.779. The highest BCUT2D eigenvalue weighted by Crippen LogP contribution is 2.04. The summed E-state index contributed by atoms with van der Waals surface area (Å²) in [4.78, 5) is 34.0. The molecule has 22 heavy (non-hydrogen) atoms. The molecule has 0 heterocycles. The number of hydrogen-bond donors (Lipinski definition) is 1. The maximum absolute atomic E-state index is 11.3. The fraction of sp³-hybridized carbons (Fsp3) is 0.733. The number of rotatable bonds is 10. The van der Waals surface area contributed by atoms with Crippen LogP contribution in [0.2, 0.25) is 0 Å². The standard InChI is InChI=1S/C15H28N2O5/c1-11(2)14(18)20-9-7-16-15(19)22-21-10-8-17(12(3)4)13(5)6/h12-13H,1,7-10H2,2-6H3,(H,16,19). The largest absolute Gasteiger partial charge is 0.460 e. The number of ether oxygens (including phenoxy) is 1. The third-order valence-electron chi connectivity index (χ3n) is 2.85. The van der Waals surface area contributed by atoms with E-state index < -0.39 is 12.1 Å². The molecule has 0 aromatic heterocycles. The highest BCUT2D eigenvalue weighted by atomic mass is 17.2. The maximum atomic E-state index is 11.3. The van der Waals surface area contributed by atoms with Gasteiger partial charge in [-0.05, 0) is 34.6 Å². The van der Waals surface area contributed by atoms with Crippen molar-refractivity contribution in [2.75, 3.05) is 26.3 Å². The summed E-state index contributed by atoms with van der Waals surface area (Å²) >= 11 is 0. The van der Waals surface area contributed by atoms with Crippen molar-refractivity contribution in [3.05, 3.63) is 12.2 Å². The number of nitrogens with zero attached hydrogens (tertiary/aromatic N) is 1. The van der Waals surface area contributed by atoms with Gasteiger partial charge in [-0.1, -0.05) is 6.58 Å². The summed E-state index contributed by atoms with van der Waals surface area (Å²) in [5.41, 5.74) is 0.311. The van der Waals surface area contributed by atoms with E-state index in [0.717, 1.165) is 0 Å². The normalized spacial score (nSPS) is 10.9. The van der Waals surface area contributed by atoms with Crippen LogP contribution < -0.4 is 5.32 Å². The predicted molar refractivity (Wildman–Crippen MR) is 83.2 cm³/mol. The first-order valence-corrected chi connectivity index (χ1v) is 7.41. The lowest BCUT2D eigenvalue weighted by Gasteiger charge is -2.29. The molecule has 0 rings (SSSR count). The van der Waals surface area contributed by atoms with E-state index in [2.05, 4.69) is 49.4 Å². The zero-order valence-corrected chi connectivity index (χ0v) is 14.2. The fourth-order valence-electron chi connectivity index (χ4n) is 1.80. The Kier molecular flexibility index (Phi) is 10.2. The van der Waals surface area contributed by atoms with Crippen LogP contribution >= 0.6 is 0 Å². The van der Waals surface area contributed by atoms with Gasteiger partial charge in [0.05, 0.1) is 6.54 Å². The summed E-state index contributed by atoms with van der Waals surface area (Å²) in [6.45, 7) is 14.5. The second-order valence-corrected chi connectivity index (χ2v) is 5.46. The minimum atomic E-state index is -0.716. The molecule has 0 spiro atoms. The van der Waals surface area contributed by atoms with E-state index in [0.29, 0.717) is 24.2 Å². The SMILES string of the molecule is C=C(C)C(=O)OCCNC(=O)OOCCN(C(C)C)C(C)C. The molecule has 0 bridgehead atoms. The first-order valence-electron chi connectivity index (χ1n) is 7.41. The molecule has 0 radical (unpaired) electrons. The van der Waals surface area contributed by atoms with Crippen molar-refractivity contribution in [3.8, 4) is 0 Å². The second-order valence-electron chi connectivity index (χ2n) is 5.46. The van der Waals surface area contributed by atoms with Crippen molar-refractivity contribution in [2.24, 2.45) is 0 Å². The minimum Gasteiger partial charge on any atom is -0.460 e. The summed E-state index contributed by atoms with van der Waals surface area (Å²) in [7, 11) is 0. The van der Waals surface area contributed by atoms with E-state index >= 15 is 0 Å². The molecule has 0 aromatic rings. The summed E-state index contributed by atoms with van der Waals surface area (Å²) in [6.07, 6.45) is -0.716. The summed E-state index contributed by atoms with van der Waals surface area (Å²) < 4.78 is 4.81. The van der Waals surface area contributed by atoms with Gasteiger partial charge in [-0.2, -0.15) is 4.89 Å². The van der Waals surface area contributed by atoms with Gasteiger partial charge in [0.25, 0.3) is 0 Å². The number of amides is 1. The monoisotopic (exact) mass is 316 g/mol. The van der Waals surface area contributed by atoms with Gasteiger partial charge >= 0.3 is 12.1 Å². The molecule has 0 fully saturated rings. The number of esters is 1. The zero-order chi connectivity index (χ0) is 17.1. The Labute approximate surface area is 132 Å². The molecule has 0 atom stereocenters. The van der Waals surface area contributed by atoms with Gasteiger partial charge in [-0.3, -0.25) is 9.79 Å². The molecule has 7 nitrogen and oxygen atoms in total. The summed E-state index contributed by atoms with van der Waals surface area (Å²) in [5, 5.41) is 2.40. The quantitative estimate of drug-likeness (QED) is 0.218. The Morgan fingerprint density at radius 1 is 1.14 bits per heavy atom. The Morgan fingerprint density at radius 2 is 1.73 bits per heavy atom. The lowest BCUT2D eigenvalue weighted by atomic mass is 10.2. The second kappa shape index (κ2) is 11.0. The predicted octanol–water partition coefficient (Wildman–Crippen LogP) is 1.88. The van der Waals surface area contributed by atoms with Crippen LogP contribution in [-0.4, -0.2) is 55.3 Å². The molecule has 7 heteroatoms. The molecule has 0 aliphatic rings. The number of carbonyl (C=O) groups excluding carboxylic acids is 2. The molecule has 0 saturated heterocycles. The van der Waals surface area contributed by atoms with E-state index in [-0.39, 0.29) is 19.8 Å². The van der Waals surface area contributed by atoms with Gasteiger partial charge in [0, 0.05) is 24.2 Å². The van der Waals surface area contributed by atoms with Crippen LogP contribution in [0.4, 0.5) is 4.79 Å². The van der Waals surface area contributed by atoms with Crippen molar-refractivity contribution < 1.29 is 24.1 Å². The lowest BCUT2D eigenvalue weighted by Crippen LogP contribution is -2.39. The molecule has 0 aliphatic carbocycles. The van der Waals surface area contributed by atoms with Crippen molar-refractivity contribution >= 4 is 12.1 Å². The lowest BCUT2D eigenvalue weighted by molar-refractivity contribution is -0.241. The first-order chi connectivity index (χ1) is 10.3.